The SMILES string of the molecule is CSc1nc(Cl)c(/C=N\N)c(N2CC[N+]3(CC2)CC[N+]2(CCN(c4nc(SC)nc(Cl)c4/C=N\N)CC2)CC3)n1. The van der Waals surface area contributed by atoms with Gasteiger partial charge in [-0.2, -0.15) is 10.2 Å². The summed E-state index contributed by atoms with van der Waals surface area (Å²) < 4.78 is 2.31. The van der Waals surface area contributed by atoms with Crippen LogP contribution < -0.4 is 21.5 Å². The number of halogens is 2. The fourth-order valence-corrected chi connectivity index (χ4v) is 7.28. The minimum absolute atomic E-state index is 0.387. The van der Waals surface area contributed by atoms with Gasteiger partial charge in [-0.15, -0.1) is 0 Å². The summed E-state index contributed by atoms with van der Waals surface area (Å²) >= 11 is 15.9. The van der Waals surface area contributed by atoms with Crippen LogP contribution in [0.3, 0.4) is 0 Å². The van der Waals surface area contributed by atoms with Gasteiger partial charge in [0, 0.05) is 0 Å². The van der Waals surface area contributed by atoms with Crippen molar-refractivity contribution in [2.45, 2.75) is 10.3 Å². The summed E-state index contributed by atoms with van der Waals surface area (Å²) in [5.41, 5.74) is 1.37. The molecule has 4 N–H and O–H groups in total. The predicted molar refractivity (Wildman–Crippen MR) is 165 cm³/mol. The van der Waals surface area contributed by atoms with Gasteiger partial charge in [0.15, 0.2) is 10.3 Å². The van der Waals surface area contributed by atoms with Crippen molar-refractivity contribution in [1.82, 2.24) is 19.9 Å². The van der Waals surface area contributed by atoms with Gasteiger partial charge in [-0.3, -0.25) is 0 Å². The van der Waals surface area contributed by atoms with E-state index in [1.807, 2.05) is 12.5 Å². The Kier molecular flexibility index (Phi) is 9.12. The van der Waals surface area contributed by atoms with E-state index in [1.165, 1.54) is 49.7 Å². The molecule has 0 amide bonds. The van der Waals surface area contributed by atoms with Crippen LogP contribution in [0.15, 0.2) is 20.5 Å². The standard InChI is InChI=1S/C24H36Cl2N12S2/c1-39-23-31-19(25)17(15-29-27)21(33-23)35-3-7-37(8-4-35)11-13-38(14-12-37)9-5-36(6-10-38)22-18(16-30-28)20(26)32-24(34-22)40-2/h15-16H,3-14,27-28H2,1-2H3/q+2/b29-15-,30-16-. The highest BCUT2D eigenvalue weighted by molar-refractivity contribution is 7.98. The van der Waals surface area contributed by atoms with E-state index in [1.54, 1.807) is 12.4 Å². The molecule has 5 heterocycles. The van der Waals surface area contributed by atoms with Crippen LogP contribution in [0.1, 0.15) is 11.1 Å². The first-order valence-electron chi connectivity index (χ1n) is 13.2. The van der Waals surface area contributed by atoms with E-state index in [4.69, 9.17) is 44.9 Å². The topological polar surface area (TPSA) is 135 Å². The molecule has 3 aliphatic heterocycles. The largest absolute Gasteiger partial charge is 0.345 e. The van der Waals surface area contributed by atoms with E-state index >= 15 is 0 Å². The Morgan fingerprint density at radius 2 is 1.00 bits per heavy atom. The molecule has 0 bridgehead atoms. The van der Waals surface area contributed by atoms with Crippen molar-refractivity contribution in [2.24, 2.45) is 21.9 Å². The highest BCUT2D eigenvalue weighted by atomic mass is 35.5. The number of hydrazone groups is 2. The molecule has 2 spiro atoms. The van der Waals surface area contributed by atoms with Crippen molar-refractivity contribution in [3.8, 4) is 0 Å². The van der Waals surface area contributed by atoms with Crippen LogP contribution in [-0.4, -0.2) is 132 Å². The maximum Gasteiger partial charge on any atom is 0.190 e. The Morgan fingerprint density at radius 3 is 1.30 bits per heavy atom. The summed E-state index contributed by atoms with van der Waals surface area (Å²) in [5.74, 6) is 12.6. The quantitative estimate of drug-likeness (QED) is 0.0925. The molecule has 0 atom stereocenters. The summed E-state index contributed by atoms with van der Waals surface area (Å²) in [6.45, 7) is 12.7. The summed E-state index contributed by atoms with van der Waals surface area (Å²) in [4.78, 5) is 22.9. The minimum atomic E-state index is 0.387. The van der Waals surface area contributed by atoms with E-state index < -0.39 is 0 Å². The molecule has 3 saturated heterocycles. The molecule has 3 aliphatic rings. The zero-order chi connectivity index (χ0) is 28.3. The Morgan fingerprint density at radius 1 is 0.650 bits per heavy atom. The summed E-state index contributed by atoms with van der Waals surface area (Å²) in [5, 5.41) is 9.49. The number of nitrogens with two attached hydrogens (primary N) is 2. The van der Waals surface area contributed by atoms with Gasteiger partial charge in [0.25, 0.3) is 0 Å². The number of piperazine rings is 3. The smallest absolute Gasteiger partial charge is 0.190 e. The van der Waals surface area contributed by atoms with Gasteiger partial charge >= 0.3 is 0 Å². The van der Waals surface area contributed by atoms with Gasteiger partial charge in [0.1, 0.15) is 48.1 Å². The number of hydrogen-bond donors (Lipinski definition) is 2. The van der Waals surface area contributed by atoms with E-state index in [-0.39, 0.29) is 0 Å². The van der Waals surface area contributed by atoms with Crippen LogP contribution in [0.2, 0.25) is 10.3 Å². The zero-order valence-corrected chi connectivity index (χ0v) is 26.0. The summed E-state index contributed by atoms with van der Waals surface area (Å²) in [7, 11) is 0. The first kappa shape index (κ1) is 29.4. The molecule has 0 aliphatic carbocycles. The van der Waals surface area contributed by atoms with Crippen molar-refractivity contribution < 1.29 is 8.97 Å². The second-order valence-corrected chi connectivity index (χ2v) is 12.7. The maximum atomic E-state index is 6.46. The van der Waals surface area contributed by atoms with E-state index in [0.717, 1.165) is 73.0 Å². The van der Waals surface area contributed by atoms with E-state index in [2.05, 4.69) is 30.0 Å². The first-order valence-corrected chi connectivity index (χ1v) is 16.4. The zero-order valence-electron chi connectivity index (χ0n) is 22.8. The van der Waals surface area contributed by atoms with Crippen LogP contribution in [0.25, 0.3) is 0 Å². The van der Waals surface area contributed by atoms with E-state index in [0.29, 0.717) is 31.7 Å². The lowest BCUT2D eigenvalue weighted by Crippen LogP contribution is -2.73. The summed E-state index contributed by atoms with van der Waals surface area (Å²) in [6.07, 6.45) is 7.01. The average molecular weight is 628 g/mol. The van der Waals surface area contributed by atoms with Crippen LogP contribution in [-0.2, 0) is 0 Å². The second kappa shape index (κ2) is 12.4. The molecular weight excluding hydrogens is 591 g/mol. The Labute approximate surface area is 253 Å². The van der Waals surface area contributed by atoms with Crippen LogP contribution >= 0.6 is 46.7 Å². The molecule has 40 heavy (non-hydrogen) atoms. The van der Waals surface area contributed by atoms with Crippen molar-refractivity contribution in [2.75, 3.05) is 101 Å². The monoisotopic (exact) mass is 626 g/mol. The van der Waals surface area contributed by atoms with Crippen molar-refractivity contribution in [3.63, 3.8) is 0 Å². The van der Waals surface area contributed by atoms with Crippen molar-refractivity contribution in [3.05, 3.63) is 21.4 Å². The second-order valence-electron chi connectivity index (χ2n) is 10.5. The normalized spacial score (nSPS) is 20.8. The average Bonchev–Trinajstić information content (AvgIpc) is 2.98. The number of quaternary nitrogens is 2. The first-order chi connectivity index (χ1) is 19.3. The molecule has 2 aromatic rings. The maximum absolute atomic E-state index is 6.46. The van der Waals surface area contributed by atoms with Gasteiger partial charge in [-0.1, -0.05) is 46.7 Å². The van der Waals surface area contributed by atoms with Gasteiger partial charge in [0.2, 0.25) is 0 Å². The number of rotatable bonds is 6. The van der Waals surface area contributed by atoms with Crippen molar-refractivity contribution >= 4 is 70.8 Å². The molecule has 0 unspecified atom stereocenters. The Hall–Kier alpha value is -2.10. The van der Waals surface area contributed by atoms with Gasteiger partial charge in [-0.05, 0) is 12.5 Å². The molecule has 0 saturated carbocycles. The fourth-order valence-electron chi connectivity index (χ4n) is 6.03. The molecule has 0 aromatic carbocycles. The number of thioether (sulfide) groups is 2. The third kappa shape index (κ3) is 5.93. The lowest BCUT2D eigenvalue weighted by atomic mass is 10.1. The van der Waals surface area contributed by atoms with Crippen LogP contribution in [0, 0.1) is 0 Å². The molecule has 5 rings (SSSR count). The third-order valence-electron chi connectivity index (χ3n) is 8.56. The Bertz CT molecular complexity index is 1170. The molecule has 16 heteroatoms. The van der Waals surface area contributed by atoms with Gasteiger partial charge in [-0.25, -0.2) is 19.9 Å². The van der Waals surface area contributed by atoms with Crippen molar-refractivity contribution in [1.29, 1.82) is 0 Å². The minimum Gasteiger partial charge on any atom is -0.345 e. The number of nitrogens with zero attached hydrogens (tertiary/aromatic N) is 10. The summed E-state index contributed by atoms with van der Waals surface area (Å²) in [6, 6.07) is 0. The number of aromatic nitrogens is 4. The molecular formula is C24H36Cl2N12S2+2. The number of anilines is 2. The number of hydrogen-bond acceptors (Lipinski definition) is 12. The lowest BCUT2D eigenvalue weighted by Gasteiger charge is -2.54. The Balaban J connectivity index is 1.22. The van der Waals surface area contributed by atoms with Crippen LogP contribution in [0.5, 0.6) is 0 Å². The molecule has 12 nitrogen and oxygen atoms in total. The predicted octanol–water partition coefficient (Wildman–Crippen LogP) is 1.59. The van der Waals surface area contributed by atoms with Crippen LogP contribution in [0.4, 0.5) is 11.6 Å². The van der Waals surface area contributed by atoms with Gasteiger partial charge in [0.05, 0.1) is 75.9 Å². The molecule has 0 radical (unpaired) electrons. The molecule has 3 fully saturated rings. The fraction of sp³-hybridized carbons (Fsp3) is 0.583. The third-order valence-corrected chi connectivity index (χ3v) is 10.2. The van der Waals surface area contributed by atoms with E-state index in [9.17, 15) is 0 Å². The molecule has 2 aromatic heterocycles. The highest BCUT2D eigenvalue weighted by Gasteiger charge is 2.45. The highest BCUT2D eigenvalue weighted by Crippen LogP contribution is 2.31. The lowest BCUT2D eigenvalue weighted by molar-refractivity contribution is -1.03. The van der Waals surface area contributed by atoms with Gasteiger partial charge < -0.3 is 30.5 Å². The molecule has 216 valence electrons.